The highest BCUT2D eigenvalue weighted by Gasteiger charge is 2.15. The van der Waals surface area contributed by atoms with Crippen molar-refractivity contribution in [1.82, 2.24) is 0 Å². The van der Waals surface area contributed by atoms with E-state index in [9.17, 15) is 9.59 Å². The standard InChI is InChI=1S/C13H17NO4/c1-8(13(16)17)10-5-4-6-11(7-10)14-12(15)9(2)18-3/h4-9H,1-3H3,(H,14,15)(H,16,17). The molecule has 1 aromatic carbocycles. The van der Waals surface area contributed by atoms with Gasteiger partial charge in [0.1, 0.15) is 6.10 Å². The number of hydrogen-bond donors (Lipinski definition) is 2. The highest BCUT2D eigenvalue weighted by Crippen LogP contribution is 2.19. The van der Waals surface area contributed by atoms with Gasteiger partial charge in [0.05, 0.1) is 5.92 Å². The molecule has 2 N–H and O–H groups in total. The summed E-state index contributed by atoms with van der Waals surface area (Å²) in [5.74, 6) is -1.77. The van der Waals surface area contributed by atoms with Crippen LogP contribution in [0.1, 0.15) is 25.3 Å². The zero-order chi connectivity index (χ0) is 13.7. The lowest BCUT2D eigenvalue weighted by atomic mass is 10.0. The molecule has 1 amide bonds. The van der Waals surface area contributed by atoms with E-state index in [1.54, 1.807) is 38.1 Å². The van der Waals surface area contributed by atoms with Crippen LogP contribution in [0.4, 0.5) is 5.69 Å². The van der Waals surface area contributed by atoms with Gasteiger partial charge in [-0.25, -0.2) is 0 Å². The van der Waals surface area contributed by atoms with Crippen molar-refractivity contribution in [2.45, 2.75) is 25.9 Å². The summed E-state index contributed by atoms with van der Waals surface area (Å²) >= 11 is 0. The molecule has 5 heteroatoms. The molecule has 0 radical (unpaired) electrons. The average Bonchev–Trinajstić information content (AvgIpc) is 2.36. The highest BCUT2D eigenvalue weighted by molar-refractivity contribution is 5.94. The fraction of sp³-hybridized carbons (Fsp3) is 0.385. The number of amides is 1. The SMILES string of the molecule is COC(C)C(=O)Nc1cccc(C(C)C(=O)O)c1. The van der Waals surface area contributed by atoms with Gasteiger partial charge in [-0.3, -0.25) is 9.59 Å². The van der Waals surface area contributed by atoms with Crippen molar-refractivity contribution in [2.24, 2.45) is 0 Å². The Morgan fingerprint density at radius 1 is 1.33 bits per heavy atom. The second-order valence-electron chi connectivity index (χ2n) is 4.05. The number of carboxylic acids is 1. The minimum atomic E-state index is -0.899. The lowest BCUT2D eigenvalue weighted by Gasteiger charge is -2.12. The number of carbonyl (C=O) groups excluding carboxylic acids is 1. The Kier molecular flexibility index (Phi) is 4.85. The van der Waals surface area contributed by atoms with Crippen molar-refractivity contribution < 1.29 is 19.4 Å². The van der Waals surface area contributed by atoms with Crippen LogP contribution < -0.4 is 5.32 Å². The third-order valence-corrected chi connectivity index (χ3v) is 2.75. The molecule has 0 aliphatic carbocycles. The molecule has 1 aromatic rings. The number of aliphatic carboxylic acids is 1. The van der Waals surface area contributed by atoms with Crippen molar-refractivity contribution in [3.05, 3.63) is 29.8 Å². The summed E-state index contributed by atoms with van der Waals surface area (Å²) < 4.78 is 4.89. The van der Waals surface area contributed by atoms with E-state index in [0.29, 0.717) is 11.3 Å². The zero-order valence-corrected chi connectivity index (χ0v) is 10.6. The molecule has 18 heavy (non-hydrogen) atoms. The van der Waals surface area contributed by atoms with E-state index in [1.165, 1.54) is 7.11 Å². The van der Waals surface area contributed by atoms with Crippen LogP contribution in [-0.4, -0.2) is 30.2 Å². The lowest BCUT2D eigenvalue weighted by molar-refractivity contribution is -0.138. The van der Waals surface area contributed by atoms with Gasteiger partial charge in [-0.05, 0) is 31.5 Å². The Morgan fingerprint density at radius 3 is 2.56 bits per heavy atom. The smallest absolute Gasteiger partial charge is 0.310 e. The Hall–Kier alpha value is -1.88. The summed E-state index contributed by atoms with van der Waals surface area (Å²) in [5.41, 5.74) is 1.21. The zero-order valence-electron chi connectivity index (χ0n) is 10.6. The van der Waals surface area contributed by atoms with Crippen molar-refractivity contribution >= 4 is 17.6 Å². The van der Waals surface area contributed by atoms with E-state index in [1.807, 2.05) is 0 Å². The van der Waals surface area contributed by atoms with Crippen molar-refractivity contribution in [2.75, 3.05) is 12.4 Å². The monoisotopic (exact) mass is 251 g/mol. The van der Waals surface area contributed by atoms with E-state index in [2.05, 4.69) is 5.32 Å². The van der Waals surface area contributed by atoms with Gasteiger partial charge >= 0.3 is 5.97 Å². The van der Waals surface area contributed by atoms with Gasteiger partial charge in [0.15, 0.2) is 0 Å². The number of carbonyl (C=O) groups is 2. The maximum Gasteiger partial charge on any atom is 0.310 e. The van der Waals surface area contributed by atoms with Crippen LogP contribution in [-0.2, 0) is 14.3 Å². The van der Waals surface area contributed by atoms with Crippen molar-refractivity contribution in [3.8, 4) is 0 Å². The molecule has 0 spiro atoms. The minimum Gasteiger partial charge on any atom is -0.481 e. The maximum absolute atomic E-state index is 11.6. The lowest BCUT2D eigenvalue weighted by Crippen LogP contribution is -2.26. The molecule has 98 valence electrons. The molecule has 0 aromatic heterocycles. The predicted octanol–water partition coefficient (Wildman–Crippen LogP) is 1.85. The summed E-state index contributed by atoms with van der Waals surface area (Å²) in [5, 5.41) is 11.6. The number of methoxy groups -OCH3 is 1. The molecule has 0 aliphatic rings. The summed E-state index contributed by atoms with van der Waals surface area (Å²) in [4.78, 5) is 22.5. The molecule has 0 saturated carbocycles. The molecule has 0 bridgehead atoms. The van der Waals surface area contributed by atoms with Crippen LogP contribution in [0.25, 0.3) is 0 Å². The Labute approximate surface area is 106 Å². The Balaban J connectivity index is 2.83. The quantitative estimate of drug-likeness (QED) is 0.837. The number of anilines is 1. The number of carboxylic acid groups (broad SMARTS) is 1. The number of benzene rings is 1. The van der Waals surface area contributed by atoms with E-state index in [0.717, 1.165) is 0 Å². The molecule has 1 rings (SSSR count). The largest absolute Gasteiger partial charge is 0.481 e. The number of ether oxygens (including phenoxy) is 1. The second-order valence-corrected chi connectivity index (χ2v) is 4.05. The Bertz CT molecular complexity index is 444. The normalized spacial score (nSPS) is 13.7. The third kappa shape index (κ3) is 3.56. The second kappa shape index (κ2) is 6.16. The van der Waals surface area contributed by atoms with Gasteiger partial charge < -0.3 is 15.2 Å². The predicted molar refractivity (Wildman–Crippen MR) is 67.6 cm³/mol. The molecular weight excluding hydrogens is 234 g/mol. The van der Waals surface area contributed by atoms with Crippen LogP contribution in [0.5, 0.6) is 0 Å². The molecule has 0 saturated heterocycles. The molecular formula is C13H17NO4. The highest BCUT2D eigenvalue weighted by atomic mass is 16.5. The van der Waals surface area contributed by atoms with Gasteiger partial charge in [-0.1, -0.05) is 12.1 Å². The van der Waals surface area contributed by atoms with Gasteiger partial charge in [-0.15, -0.1) is 0 Å². The maximum atomic E-state index is 11.6. The fourth-order valence-electron chi connectivity index (χ4n) is 1.38. The summed E-state index contributed by atoms with van der Waals surface area (Å²) in [6.07, 6.45) is -0.550. The number of hydrogen-bond acceptors (Lipinski definition) is 3. The topological polar surface area (TPSA) is 75.6 Å². The van der Waals surface area contributed by atoms with E-state index < -0.39 is 18.0 Å². The van der Waals surface area contributed by atoms with Crippen LogP contribution in [0.2, 0.25) is 0 Å². The summed E-state index contributed by atoms with van der Waals surface area (Å²) in [7, 11) is 1.45. The Morgan fingerprint density at radius 2 is 2.00 bits per heavy atom. The van der Waals surface area contributed by atoms with E-state index >= 15 is 0 Å². The van der Waals surface area contributed by atoms with Gasteiger partial charge in [-0.2, -0.15) is 0 Å². The average molecular weight is 251 g/mol. The molecule has 5 nitrogen and oxygen atoms in total. The molecule has 2 unspecified atom stereocenters. The summed E-state index contributed by atoms with van der Waals surface area (Å²) in [6, 6.07) is 6.79. The molecule has 0 heterocycles. The molecule has 0 fully saturated rings. The van der Waals surface area contributed by atoms with Gasteiger partial charge in [0.25, 0.3) is 5.91 Å². The van der Waals surface area contributed by atoms with Crippen molar-refractivity contribution in [3.63, 3.8) is 0 Å². The van der Waals surface area contributed by atoms with Crippen LogP contribution >= 0.6 is 0 Å². The van der Waals surface area contributed by atoms with Gasteiger partial charge in [0.2, 0.25) is 0 Å². The van der Waals surface area contributed by atoms with E-state index in [-0.39, 0.29) is 5.91 Å². The number of nitrogens with one attached hydrogen (secondary N) is 1. The first-order valence-corrected chi connectivity index (χ1v) is 5.62. The van der Waals surface area contributed by atoms with Crippen molar-refractivity contribution in [1.29, 1.82) is 0 Å². The first kappa shape index (κ1) is 14.2. The number of rotatable bonds is 5. The first-order chi connectivity index (χ1) is 8.45. The molecule has 0 aliphatic heterocycles. The molecule has 2 atom stereocenters. The van der Waals surface area contributed by atoms with Gasteiger partial charge in [0, 0.05) is 12.8 Å². The van der Waals surface area contributed by atoms with Crippen LogP contribution in [0.15, 0.2) is 24.3 Å². The van der Waals surface area contributed by atoms with E-state index in [4.69, 9.17) is 9.84 Å². The van der Waals surface area contributed by atoms with Crippen LogP contribution in [0, 0.1) is 0 Å². The summed E-state index contributed by atoms with van der Waals surface area (Å²) in [6.45, 7) is 3.24. The van der Waals surface area contributed by atoms with Crippen LogP contribution in [0.3, 0.4) is 0 Å². The fourth-order valence-corrected chi connectivity index (χ4v) is 1.38. The minimum absolute atomic E-state index is 0.266. The third-order valence-electron chi connectivity index (χ3n) is 2.75. The first-order valence-electron chi connectivity index (χ1n) is 5.62.